The maximum atomic E-state index is 12.0. The van der Waals surface area contributed by atoms with Crippen LogP contribution in [-0.4, -0.2) is 28.8 Å². The van der Waals surface area contributed by atoms with E-state index in [0.29, 0.717) is 12.2 Å². The van der Waals surface area contributed by atoms with Gasteiger partial charge in [0, 0.05) is 28.8 Å². The van der Waals surface area contributed by atoms with Crippen LogP contribution in [0.25, 0.3) is 6.08 Å². The minimum Gasteiger partial charge on any atom is -0.299 e. The lowest BCUT2D eigenvalue weighted by atomic mass is 9.88. The number of nitrogens with zero attached hydrogens (tertiary/aromatic N) is 1. The van der Waals surface area contributed by atoms with Gasteiger partial charge in [0.05, 0.1) is 5.92 Å². The van der Waals surface area contributed by atoms with Crippen LogP contribution in [-0.2, 0) is 4.79 Å². The third-order valence-electron chi connectivity index (χ3n) is 3.42. The molecule has 1 aromatic rings. The fourth-order valence-electron chi connectivity index (χ4n) is 2.32. The number of carbonyl (C=O) groups excluding carboxylic acids is 1. The molecule has 5 heteroatoms. The summed E-state index contributed by atoms with van der Waals surface area (Å²) in [5, 5.41) is 10.8. The van der Waals surface area contributed by atoms with Gasteiger partial charge in [-0.1, -0.05) is 42.5 Å². The smallest absolute Gasteiger partial charge is 0.210 e. The third kappa shape index (κ3) is 4.20. The number of carbonyl (C=O) groups is 1. The Bertz CT molecular complexity index is 501. The highest BCUT2D eigenvalue weighted by atomic mass is 32.2. The SMILES string of the molecule is O=C1CCSC[C@H]1[C@@H](/C=C/c1ccccc1)C[N+](=O)[O-]. The monoisotopic (exact) mass is 291 g/mol. The second-order valence-corrected chi connectivity index (χ2v) is 6.00. The highest BCUT2D eigenvalue weighted by Crippen LogP contribution is 2.27. The first kappa shape index (κ1) is 14.8. The number of hydrogen-bond acceptors (Lipinski definition) is 4. The number of ketones is 1. The Morgan fingerprint density at radius 3 is 2.80 bits per heavy atom. The molecule has 1 aliphatic rings. The van der Waals surface area contributed by atoms with Gasteiger partial charge in [-0.25, -0.2) is 0 Å². The molecule has 2 atom stereocenters. The molecule has 4 nitrogen and oxygen atoms in total. The van der Waals surface area contributed by atoms with E-state index in [-0.39, 0.29) is 29.1 Å². The zero-order valence-corrected chi connectivity index (χ0v) is 11.9. The Hall–Kier alpha value is -1.62. The van der Waals surface area contributed by atoms with Crippen molar-refractivity contribution in [1.82, 2.24) is 0 Å². The Morgan fingerprint density at radius 2 is 2.15 bits per heavy atom. The molecule has 0 radical (unpaired) electrons. The number of rotatable bonds is 5. The van der Waals surface area contributed by atoms with E-state index < -0.39 is 0 Å². The molecule has 2 rings (SSSR count). The van der Waals surface area contributed by atoms with E-state index in [4.69, 9.17) is 0 Å². The van der Waals surface area contributed by atoms with E-state index in [1.54, 1.807) is 11.8 Å². The second kappa shape index (κ2) is 7.24. The largest absolute Gasteiger partial charge is 0.299 e. The molecule has 0 saturated carbocycles. The minimum absolute atomic E-state index is 0.160. The van der Waals surface area contributed by atoms with E-state index in [0.717, 1.165) is 11.3 Å². The molecule has 1 fully saturated rings. The highest BCUT2D eigenvalue weighted by molar-refractivity contribution is 7.99. The zero-order chi connectivity index (χ0) is 14.4. The standard InChI is InChI=1S/C15H17NO3S/c17-15-8-9-20-11-14(15)13(10-16(18)19)7-6-12-4-2-1-3-5-12/h1-7,13-14H,8-11H2/b7-6+/t13-,14-/m0/s1. The van der Waals surface area contributed by atoms with Crippen LogP contribution in [0, 0.1) is 22.0 Å². The van der Waals surface area contributed by atoms with Crippen molar-refractivity contribution in [1.29, 1.82) is 0 Å². The molecule has 0 spiro atoms. The molecule has 1 heterocycles. The number of benzene rings is 1. The lowest BCUT2D eigenvalue weighted by Gasteiger charge is -2.24. The average Bonchev–Trinajstić information content (AvgIpc) is 2.45. The summed E-state index contributed by atoms with van der Waals surface area (Å²) in [4.78, 5) is 22.5. The predicted molar refractivity (Wildman–Crippen MR) is 81.3 cm³/mol. The van der Waals surface area contributed by atoms with Crippen LogP contribution < -0.4 is 0 Å². The summed E-state index contributed by atoms with van der Waals surface area (Å²) in [7, 11) is 0. The summed E-state index contributed by atoms with van der Waals surface area (Å²) in [6, 6.07) is 9.65. The average molecular weight is 291 g/mol. The number of hydrogen-bond donors (Lipinski definition) is 0. The van der Waals surface area contributed by atoms with Crippen molar-refractivity contribution in [3.63, 3.8) is 0 Å². The Labute approximate surface area is 122 Å². The van der Waals surface area contributed by atoms with Crippen molar-refractivity contribution >= 4 is 23.6 Å². The second-order valence-electron chi connectivity index (χ2n) is 4.85. The first-order chi connectivity index (χ1) is 9.66. The van der Waals surface area contributed by atoms with E-state index >= 15 is 0 Å². The van der Waals surface area contributed by atoms with Crippen molar-refractivity contribution in [3.05, 3.63) is 52.1 Å². The Balaban J connectivity index is 2.12. The molecular weight excluding hydrogens is 274 g/mol. The Kier molecular flexibility index (Phi) is 5.35. The molecule has 0 N–H and O–H groups in total. The first-order valence-corrected chi connectivity index (χ1v) is 7.78. The summed E-state index contributed by atoms with van der Waals surface area (Å²) in [5.74, 6) is 1.15. The molecule has 0 aromatic heterocycles. The van der Waals surface area contributed by atoms with Crippen molar-refractivity contribution < 1.29 is 9.72 Å². The quantitative estimate of drug-likeness (QED) is 0.618. The van der Waals surface area contributed by atoms with Gasteiger partial charge >= 0.3 is 0 Å². The molecule has 1 saturated heterocycles. The minimum atomic E-state index is -0.327. The van der Waals surface area contributed by atoms with Gasteiger partial charge in [-0.3, -0.25) is 14.9 Å². The molecule has 20 heavy (non-hydrogen) atoms. The van der Waals surface area contributed by atoms with E-state index in [2.05, 4.69) is 0 Å². The molecule has 1 aromatic carbocycles. The number of thioether (sulfide) groups is 1. The summed E-state index contributed by atoms with van der Waals surface area (Å²) >= 11 is 1.71. The van der Waals surface area contributed by atoms with E-state index in [1.165, 1.54) is 0 Å². The van der Waals surface area contributed by atoms with Crippen LogP contribution in [0.4, 0.5) is 0 Å². The fourth-order valence-corrected chi connectivity index (χ4v) is 3.52. The van der Waals surface area contributed by atoms with Crippen LogP contribution in [0.3, 0.4) is 0 Å². The van der Waals surface area contributed by atoms with Crippen molar-refractivity contribution in [2.75, 3.05) is 18.1 Å². The Morgan fingerprint density at radius 1 is 1.40 bits per heavy atom. The number of Topliss-reactive ketones (excluding diaryl/α,β-unsaturated/α-hetero) is 1. The topological polar surface area (TPSA) is 60.2 Å². The van der Waals surface area contributed by atoms with Crippen molar-refractivity contribution in [2.45, 2.75) is 6.42 Å². The predicted octanol–water partition coefficient (Wildman–Crippen LogP) is 2.91. The van der Waals surface area contributed by atoms with Gasteiger partial charge in [-0.15, -0.1) is 0 Å². The van der Waals surface area contributed by atoms with Gasteiger partial charge in [0.2, 0.25) is 6.54 Å². The lowest BCUT2D eigenvalue weighted by molar-refractivity contribution is -0.486. The summed E-state index contributed by atoms with van der Waals surface area (Å²) in [5.41, 5.74) is 0.997. The maximum absolute atomic E-state index is 12.0. The lowest BCUT2D eigenvalue weighted by Crippen LogP contribution is -2.32. The highest BCUT2D eigenvalue weighted by Gasteiger charge is 2.32. The van der Waals surface area contributed by atoms with Crippen molar-refractivity contribution in [2.24, 2.45) is 11.8 Å². The summed E-state index contributed by atoms with van der Waals surface area (Å²) in [6.07, 6.45) is 4.23. The van der Waals surface area contributed by atoms with Gasteiger partial charge in [0.25, 0.3) is 0 Å². The van der Waals surface area contributed by atoms with Gasteiger partial charge in [0.1, 0.15) is 5.78 Å². The number of nitro groups is 1. The van der Waals surface area contributed by atoms with Gasteiger partial charge in [-0.05, 0) is 5.56 Å². The van der Waals surface area contributed by atoms with Gasteiger partial charge in [-0.2, -0.15) is 11.8 Å². The molecule has 1 aliphatic heterocycles. The molecular formula is C15H17NO3S. The first-order valence-electron chi connectivity index (χ1n) is 6.62. The van der Waals surface area contributed by atoms with Gasteiger partial charge < -0.3 is 0 Å². The maximum Gasteiger partial charge on any atom is 0.210 e. The summed E-state index contributed by atoms with van der Waals surface area (Å²) < 4.78 is 0. The summed E-state index contributed by atoms with van der Waals surface area (Å²) in [6.45, 7) is -0.180. The van der Waals surface area contributed by atoms with Crippen LogP contribution in [0.15, 0.2) is 36.4 Å². The van der Waals surface area contributed by atoms with E-state index in [1.807, 2.05) is 42.5 Å². The fraction of sp³-hybridized carbons (Fsp3) is 0.400. The van der Waals surface area contributed by atoms with Crippen LogP contribution in [0.1, 0.15) is 12.0 Å². The molecule has 106 valence electrons. The van der Waals surface area contributed by atoms with Crippen LogP contribution in [0.2, 0.25) is 0 Å². The third-order valence-corrected chi connectivity index (χ3v) is 4.50. The molecule has 0 bridgehead atoms. The van der Waals surface area contributed by atoms with E-state index in [9.17, 15) is 14.9 Å². The zero-order valence-electron chi connectivity index (χ0n) is 11.1. The molecule has 0 aliphatic carbocycles. The molecule has 0 amide bonds. The van der Waals surface area contributed by atoms with Gasteiger partial charge in [0.15, 0.2) is 0 Å². The van der Waals surface area contributed by atoms with Crippen LogP contribution in [0.5, 0.6) is 0 Å². The molecule has 0 unspecified atom stereocenters. The van der Waals surface area contributed by atoms with Crippen LogP contribution >= 0.6 is 11.8 Å². The van der Waals surface area contributed by atoms with Crippen molar-refractivity contribution in [3.8, 4) is 0 Å². The normalized spacial score (nSPS) is 21.0.